The minimum Gasteiger partial charge on any atom is -0.289 e. The van der Waals surface area contributed by atoms with Crippen molar-refractivity contribution in [3.63, 3.8) is 0 Å². The van der Waals surface area contributed by atoms with Gasteiger partial charge in [0.1, 0.15) is 5.50 Å². The van der Waals surface area contributed by atoms with E-state index in [0.29, 0.717) is 5.71 Å². The van der Waals surface area contributed by atoms with Crippen LogP contribution in [0.4, 0.5) is 0 Å². The third-order valence-electron chi connectivity index (χ3n) is 1.59. The molecule has 2 aliphatic heterocycles. The van der Waals surface area contributed by atoms with E-state index in [0.717, 1.165) is 0 Å². The van der Waals surface area contributed by atoms with Crippen LogP contribution >= 0.6 is 11.6 Å². The highest BCUT2D eigenvalue weighted by Gasteiger charge is 2.25. The lowest BCUT2D eigenvalue weighted by Crippen LogP contribution is -2.44. The summed E-state index contributed by atoms with van der Waals surface area (Å²) in [7, 11) is 0. The van der Waals surface area contributed by atoms with Gasteiger partial charge >= 0.3 is 0 Å². The maximum absolute atomic E-state index is 11.2. The van der Waals surface area contributed by atoms with E-state index in [1.165, 1.54) is 0 Å². The van der Waals surface area contributed by atoms with Gasteiger partial charge in [0.2, 0.25) is 5.96 Å². The number of carbonyl (C=O) groups is 1. The molecule has 2 heterocycles. The average Bonchev–Trinajstić information content (AvgIpc) is 2.06. The van der Waals surface area contributed by atoms with Gasteiger partial charge in [-0.05, 0) is 12.2 Å². The third-order valence-corrected chi connectivity index (χ3v) is 1.83. The van der Waals surface area contributed by atoms with Crippen LogP contribution in [0.15, 0.2) is 22.1 Å². The summed E-state index contributed by atoms with van der Waals surface area (Å²) in [5.74, 6) is -0.596. The van der Waals surface area contributed by atoms with E-state index in [1.54, 1.807) is 12.2 Å². The van der Waals surface area contributed by atoms with Gasteiger partial charge in [0.05, 0.1) is 5.71 Å². The number of aliphatic imine (C=N–C) groups is 2. The molecule has 0 saturated carbocycles. The molecule has 1 unspecified atom stereocenters. The van der Waals surface area contributed by atoms with Gasteiger partial charge in [0, 0.05) is 0 Å². The summed E-state index contributed by atoms with van der Waals surface area (Å²) >= 11 is 5.68. The lowest BCUT2D eigenvalue weighted by atomic mass is 10.1. The molecule has 0 fully saturated rings. The highest BCUT2D eigenvalue weighted by Crippen LogP contribution is 2.10. The fourth-order valence-electron chi connectivity index (χ4n) is 1.06. The summed E-state index contributed by atoms with van der Waals surface area (Å²) in [6, 6.07) is 0. The van der Waals surface area contributed by atoms with Crippen molar-refractivity contribution in [2.24, 2.45) is 9.98 Å². The Morgan fingerprint density at radius 1 is 1.62 bits per heavy atom. The van der Waals surface area contributed by atoms with Crippen molar-refractivity contribution in [2.45, 2.75) is 5.50 Å². The number of nitrogens with zero attached hydrogens (tertiary/aromatic N) is 2. The van der Waals surface area contributed by atoms with Gasteiger partial charge in [-0.1, -0.05) is 11.6 Å². The predicted molar refractivity (Wildman–Crippen MR) is 49.5 cm³/mol. The summed E-state index contributed by atoms with van der Waals surface area (Å²) in [4.78, 5) is 18.9. The number of alkyl halides is 1. The van der Waals surface area contributed by atoms with Gasteiger partial charge in [0.15, 0.2) is 5.71 Å². The Kier molecular flexibility index (Phi) is 1.73. The first kappa shape index (κ1) is 8.12. The molecule has 13 heavy (non-hydrogen) atoms. The molecule has 2 aliphatic rings. The van der Waals surface area contributed by atoms with Crippen molar-refractivity contribution in [1.29, 1.82) is 5.41 Å². The van der Waals surface area contributed by atoms with Crippen LogP contribution in [-0.4, -0.2) is 28.8 Å². The maximum atomic E-state index is 11.2. The molecule has 66 valence electrons. The lowest BCUT2D eigenvalue weighted by Gasteiger charge is -2.16. The van der Waals surface area contributed by atoms with Crippen LogP contribution in [0.3, 0.4) is 0 Å². The number of hydrogen-bond donors (Lipinski definition) is 2. The van der Waals surface area contributed by atoms with Gasteiger partial charge in [-0.3, -0.25) is 20.5 Å². The summed E-state index contributed by atoms with van der Waals surface area (Å²) < 4.78 is 0. The summed E-state index contributed by atoms with van der Waals surface area (Å²) in [6.45, 7) is 0. The maximum Gasteiger partial charge on any atom is 0.278 e. The smallest absolute Gasteiger partial charge is 0.278 e. The normalized spacial score (nSPS) is 26.1. The van der Waals surface area contributed by atoms with E-state index in [2.05, 4.69) is 15.3 Å². The van der Waals surface area contributed by atoms with E-state index in [4.69, 9.17) is 17.0 Å². The zero-order chi connectivity index (χ0) is 9.42. The molecule has 2 N–H and O–H groups in total. The Morgan fingerprint density at radius 3 is 3.15 bits per heavy atom. The van der Waals surface area contributed by atoms with Gasteiger partial charge < -0.3 is 0 Å². The molecular weight excluding hydrogens is 192 g/mol. The standard InChI is InChI=1S/C7H5ClN4O/c8-4-2-1-3-5(11-4)6(13)12-7(9)10-3/h1-2,4H,(H2,9,12,13). The van der Waals surface area contributed by atoms with Gasteiger partial charge in [-0.15, -0.1) is 0 Å². The summed E-state index contributed by atoms with van der Waals surface area (Å²) in [6.07, 6.45) is 3.20. The third kappa shape index (κ3) is 1.38. The number of hydrogen-bond acceptors (Lipinski definition) is 3. The first-order valence-electron chi connectivity index (χ1n) is 3.56. The number of dihydropyridines is 1. The van der Waals surface area contributed by atoms with Crippen LogP contribution in [0.1, 0.15) is 0 Å². The van der Waals surface area contributed by atoms with Crippen molar-refractivity contribution in [2.75, 3.05) is 0 Å². The quantitative estimate of drug-likeness (QED) is 0.417. The first-order chi connectivity index (χ1) is 6.16. The van der Waals surface area contributed by atoms with E-state index in [-0.39, 0.29) is 11.7 Å². The second-order valence-corrected chi connectivity index (χ2v) is 2.96. The Bertz CT molecular complexity index is 382. The fraction of sp³-hybridized carbons (Fsp3) is 0.143. The van der Waals surface area contributed by atoms with Gasteiger partial charge in [-0.2, -0.15) is 0 Å². The van der Waals surface area contributed by atoms with Crippen LogP contribution < -0.4 is 5.32 Å². The number of halogens is 1. The van der Waals surface area contributed by atoms with Crippen molar-refractivity contribution in [1.82, 2.24) is 5.32 Å². The number of guanidine groups is 1. The number of rotatable bonds is 0. The zero-order valence-corrected chi connectivity index (χ0v) is 7.17. The fourth-order valence-corrected chi connectivity index (χ4v) is 1.23. The molecule has 2 rings (SSSR count). The average molecular weight is 197 g/mol. The first-order valence-corrected chi connectivity index (χ1v) is 3.99. The molecule has 1 amide bonds. The van der Waals surface area contributed by atoms with Gasteiger partial charge in [-0.25, -0.2) is 4.99 Å². The number of allylic oxidation sites excluding steroid dienone is 1. The molecular formula is C7H5ClN4O. The number of fused-ring (bicyclic) bond motifs is 1. The summed E-state index contributed by atoms with van der Waals surface area (Å²) in [5, 5.41) is 9.38. The lowest BCUT2D eigenvalue weighted by molar-refractivity contribution is -0.113. The van der Waals surface area contributed by atoms with Crippen LogP contribution in [0.2, 0.25) is 0 Å². The summed E-state index contributed by atoms with van der Waals surface area (Å²) in [5.41, 5.74) is 0.0659. The van der Waals surface area contributed by atoms with Crippen molar-refractivity contribution >= 4 is 34.9 Å². The SMILES string of the molecule is N=C1N=C2C=CC(Cl)N=C2C(=O)N1. The largest absolute Gasteiger partial charge is 0.289 e. The minimum atomic E-state index is -0.521. The van der Waals surface area contributed by atoms with Crippen LogP contribution in [-0.2, 0) is 4.79 Å². The Morgan fingerprint density at radius 2 is 2.38 bits per heavy atom. The molecule has 0 spiro atoms. The monoisotopic (exact) mass is 196 g/mol. The Labute approximate surface area is 78.7 Å². The van der Waals surface area contributed by atoms with Gasteiger partial charge in [0.25, 0.3) is 5.91 Å². The van der Waals surface area contributed by atoms with Crippen LogP contribution in [0.25, 0.3) is 0 Å². The van der Waals surface area contributed by atoms with Crippen LogP contribution in [0.5, 0.6) is 0 Å². The molecule has 1 atom stereocenters. The number of nitrogens with one attached hydrogen (secondary N) is 2. The van der Waals surface area contributed by atoms with Crippen molar-refractivity contribution in [3.05, 3.63) is 12.2 Å². The molecule has 0 aromatic rings. The Hall–Kier alpha value is -1.49. The van der Waals surface area contributed by atoms with Crippen LogP contribution in [0, 0.1) is 5.41 Å². The second kappa shape index (κ2) is 2.77. The zero-order valence-electron chi connectivity index (χ0n) is 6.41. The molecule has 0 aromatic heterocycles. The molecule has 0 saturated heterocycles. The topological polar surface area (TPSA) is 77.7 Å². The molecule has 0 aromatic carbocycles. The van der Waals surface area contributed by atoms with Crippen molar-refractivity contribution in [3.8, 4) is 0 Å². The highest BCUT2D eigenvalue weighted by molar-refractivity contribution is 6.72. The minimum absolute atomic E-state index is 0.170. The predicted octanol–water partition coefficient (Wildman–Crippen LogP) is 0.0677. The number of amides is 1. The van der Waals surface area contributed by atoms with E-state index < -0.39 is 11.4 Å². The second-order valence-electron chi connectivity index (χ2n) is 2.51. The molecule has 0 aliphatic carbocycles. The van der Waals surface area contributed by atoms with Crippen molar-refractivity contribution < 1.29 is 4.79 Å². The Balaban J connectivity index is 2.47. The number of carbonyl (C=O) groups excluding carboxylic acids is 1. The van der Waals surface area contributed by atoms with E-state index in [1.807, 2.05) is 0 Å². The molecule has 0 radical (unpaired) electrons. The van der Waals surface area contributed by atoms with E-state index >= 15 is 0 Å². The molecule has 0 bridgehead atoms. The van der Waals surface area contributed by atoms with E-state index in [9.17, 15) is 4.79 Å². The molecule has 5 nitrogen and oxygen atoms in total. The molecule has 6 heteroatoms. The highest BCUT2D eigenvalue weighted by atomic mass is 35.5.